The van der Waals surface area contributed by atoms with E-state index in [0.717, 1.165) is 19.4 Å². The average molecular weight is 286 g/mol. The van der Waals surface area contributed by atoms with Crippen molar-refractivity contribution in [3.05, 3.63) is 51.0 Å². The molecule has 3 heteroatoms. The van der Waals surface area contributed by atoms with Crippen LogP contribution in [0.3, 0.4) is 0 Å². The summed E-state index contributed by atoms with van der Waals surface area (Å²) in [7, 11) is 2.01. The lowest BCUT2D eigenvalue weighted by atomic mass is 9.84. The summed E-state index contributed by atoms with van der Waals surface area (Å²) >= 11 is 1.92. The normalized spacial score (nSPS) is 18.0. The summed E-state index contributed by atoms with van der Waals surface area (Å²) < 4.78 is 0. The monoisotopic (exact) mass is 286 g/mol. The maximum absolute atomic E-state index is 4.92. The van der Waals surface area contributed by atoms with Crippen LogP contribution in [0, 0.1) is 0 Å². The van der Waals surface area contributed by atoms with Gasteiger partial charge in [0.15, 0.2) is 0 Å². The molecule has 1 aliphatic rings. The van der Waals surface area contributed by atoms with Gasteiger partial charge in [0.1, 0.15) is 0 Å². The zero-order valence-corrected chi connectivity index (χ0v) is 13.1. The Balaban J connectivity index is 1.84. The van der Waals surface area contributed by atoms with Gasteiger partial charge in [0, 0.05) is 17.3 Å². The second kappa shape index (κ2) is 6.06. The minimum Gasteiger partial charge on any atom is -0.315 e. The minimum atomic E-state index is 0.616. The van der Waals surface area contributed by atoms with Crippen LogP contribution in [0.4, 0.5) is 0 Å². The van der Waals surface area contributed by atoms with Crippen molar-refractivity contribution in [1.82, 2.24) is 10.3 Å². The standard InChI is InChI=1S/C17H22N2S/c1-3-15-16(11-18-2)20-17(19-15)14-9-8-12-6-4-5-7-13(12)10-14/h4-7,14,18H,3,8-11H2,1-2H3. The van der Waals surface area contributed by atoms with E-state index < -0.39 is 0 Å². The molecule has 106 valence electrons. The molecule has 0 bridgehead atoms. The molecule has 1 unspecified atom stereocenters. The Kier molecular flexibility index (Phi) is 4.18. The van der Waals surface area contributed by atoms with Gasteiger partial charge < -0.3 is 5.32 Å². The van der Waals surface area contributed by atoms with Crippen LogP contribution in [-0.2, 0) is 25.8 Å². The third kappa shape index (κ3) is 2.65. The molecule has 3 rings (SSSR count). The molecule has 0 amide bonds. The van der Waals surface area contributed by atoms with Crippen molar-refractivity contribution >= 4 is 11.3 Å². The number of hydrogen-bond acceptors (Lipinski definition) is 3. The number of rotatable bonds is 4. The van der Waals surface area contributed by atoms with Crippen LogP contribution in [0.2, 0.25) is 0 Å². The molecule has 2 nitrogen and oxygen atoms in total. The van der Waals surface area contributed by atoms with Crippen LogP contribution < -0.4 is 5.32 Å². The van der Waals surface area contributed by atoms with Crippen LogP contribution in [0.5, 0.6) is 0 Å². The second-order valence-corrected chi connectivity index (χ2v) is 6.63. The molecule has 2 aromatic rings. The van der Waals surface area contributed by atoms with Crippen molar-refractivity contribution in [1.29, 1.82) is 0 Å². The Labute approximate surface area is 125 Å². The van der Waals surface area contributed by atoms with Crippen LogP contribution >= 0.6 is 11.3 Å². The van der Waals surface area contributed by atoms with E-state index in [-0.39, 0.29) is 0 Å². The van der Waals surface area contributed by atoms with Gasteiger partial charge in [-0.25, -0.2) is 4.98 Å². The van der Waals surface area contributed by atoms with Crippen molar-refractivity contribution in [3.8, 4) is 0 Å². The molecule has 20 heavy (non-hydrogen) atoms. The van der Waals surface area contributed by atoms with Gasteiger partial charge in [-0.2, -0.15) is 0 Å². The lowest BCUT2D eigenvalue weighted by Gasteiger charge is -2.22. The second-order valence-electron chi connectivity index (χ2n) is 5.51. The summed E-state index contributed by atoms with van der Waals surface area (Å²) in [5.41, 5.74) is 4.34. The first kappa shape index (κ1) is 13.8. The van der Waals surface area contributed by atoms with E-state index in [2.05, 4.69) is 36.5 Å². The lowest BCUT2D eigenvalue weighted by Crippen LogP contribution is -2.12. The topological polar surface area (TPSA) is 24.9 Å². The number of benzene rings is 1. The number of nitrogens with one attached hydrogen (secondary N) is 1. The lowest BCUT2D eigenvalue weighted by molar-refractivity contribution is 0.580. The van der Waals surface area contributed by atoms with Gasteiger partial charge in [-0.15, -0.1) is 11.3 Å². The highest BCUT2D eigenvalue weighted by molar-refractivity contribution is 7.11. The fraction of sp³-hybridized carbons (Fsp3) is 0.471. The smallest absolute Gasteiger partial charge is 0.0965 e. The van der Waals surface area contributed by atoms with E-state index in [4.69, 9.17) is 4.98 Å². The van der Waals surface area contributed by atoms with Gasteiger partial charge in [-0.3, -0.25) is 0 Å². The first-order chi connectivity index (χ1) is 9.81. The van der Waals surface area contributed by atoms with E-state index in [1.807, 2.05) is 18.4 Å². The molecular formula is C17H22N2S. The Bertz CT molecular complexity index is 588. The van der Waals surface area contributed by atoms with E-state index in [9.17, 15) is 0 Å². The molecule has 0 fully saturated rings. The molecule has 1 aliphatic carbocycles. The average Bonchev–Trinajstić information content (AvgIpc) is 2.90. The first-order valence-electron chi connectivity index (χ1n) is 7.51. The maximum atomic E-state index is 4.92. The van der Waals surface area contributed by atoms with Gasteiger partial charge >= 0.3 is 0 Å². The fourth-order valence-corrected chi connectivity index (χ4v) is 4.36. The molecule has 1 heterocycles. The van der Waals surface area contributed by atoms with Crippen LogP contribution in [0.25, 0.3) is 0 Å². The summed E-state index contributed by atoms with van der Waals surface area (Å²) in [5, 5.41) is 4.61. The Morgan fingerprint density at radius 1 is 1.30 bits per heavy atom. The van der Waals surface area contributed by atoms with E-state index in [1.165, 1.54) is 39.5 Å². The highest BCUT2D eigenvalue weighted by Gasteiger charge is 2.23. The maximum Gasteiger partial charge on any atom is 0.0965 e. The highest BCUT2D eigenvalue weighted by atomic mass is 32.1. The summed E-state index contributed by atoms with van der Waals surface area (Å²) in [6.45, 7) is 3.15. The first-order valence-corrected chi connectivity index (χ1v) is 8.33. The molecule has 1 aromatic heterocycles. The Morgan fingerprint density at radius 3 is 2.85 bits per heavy atom. The predicted molar refractivity (Wildman–Crippen MR) is 85.5 cm³/mol. The summed E-state index contributed by atoms with van der Waals surface area (Å²) in [4.78, 5) is 6.34. The van der Waals surface area contributed by atoms with Crippen molar-refractivity contribution in [3.63, 3.8) is 0 Å². The number of aryl methyl sites for hydroxylation is 2. The molecule has 0 saturated carbocycles. The fourth-order valence-electron chi connectivity index (χ4n) is 3.06. The minimum absolute atomic E-state index is 0.616. The van der Waals surface area contributed by atoms with E-state index >= 15 is 0 Å². The van der Waals surface area contributed by atoms with E-state index in [0.29, 0.717) is 5.92 Å². The van der Waals surface area contributed by atoms with Crippen LogP contribution in [0.1, 0.15) is 46.0 Å². The van der Waals surface area contributed by atoms with Crippen LogP contribution in [-0.4, -0.2) is 12.0 Å². The Morgan fingerprint density at radius 2 is 2.10 bits per heavy atom. The molecule has 1 aromatic carbocycles. The molecule has 0 radical (unpaired) electrons. The molecule has 0 saturated heterocycles. The highest BCUT2D eigenvalue weighted by Crippen LogP contribution is 2.35. The molecular weight excluding hydrogens is 264 g/mol. The molecule has 1 atom stereocenters. The number of nitrogens with zero attached hydrogens (tertiary/aromatic N) is 1. The summed E-state index contributed by atoms with van der Waals surface area (Å²) in [6.07, 6.45) is 4.64. The number of fused-ring (bicyclic) bond motifs is 1. The predicted octanol–water partition coefficient (Wildman–Crippen LogP) is 3.70. The summed E-state index contributed by atoms with van der Waals surface area (Å²) in [5.74, 6) is 0.616. The van der Waals surface area contributed by atoms with Crippen molar-refractivity contribution in [2.45, 2.75) is 45.1 Å². The van der Waals surface area contributed by atoms with Crippen LogP contribution in [0.15, 0.2) is 24.3 Å². The zero-order valence-electron chi connectivity index (χ0n) is 12.3. The van der Waals surface area contributed by atoms with Crippen molar-refractivity contribution in [2.75, 3.05) is 7.05 Å². The van der Waals surface area contributed by atoms with Gasteiger partial charge in [0.2, 0.25) is 0 Å². The molecule has 0 aliphatic heterocycles. The van der Waals surface area contributed by atoms with Gasteiger partial charge in [-0.05, 0) is 43.9 Å². The number of hydrogen-bond donors (Lipinski definition) is 1. The molecule has 0 spiro atoms. The van der Waals surface area contributed by atoms with Gasteiger partial charge in [0.25, 0.3) is 0 Å². The zero-order chi connectivity index (χ0) is 13.9. The number of thiazole rings is 1. The Hall–Kier alpha value is -1.19. The van der Waals surface area contributed by atoms with Crippen molar-refractivity contribution < 1.29 is 0 Å². The van der Waals surface area contributed by atoms with Crippen molar-refractivity contribution in [2.24, 2.45) is 0 Å². The third-order valence-corrected chi connectivity index (χ3v) is 5.42. The van der Waals surface area contributed by atoms with Gasteiger partial charge in [0.05, 0.1) is 10.7 Å². The van der Waals surface area contributed by atoms with Gasteiger partial charge in [-0.1, -0.05) is 31.2 Å². The quantitative estimate of drug-likeness (QED) is 0.927. The largest absolute Gasteiger partial charge is 0.315 e. The molecule has 1 N–H and O–H groups in total. The summed E-state index contributed by atoms with van der Waals surface area (Å²) in [6, 6.07) is 8.87. The van der Waals surface area contributed by atoms with E-state index in [1.54, 1.807) is 0 Å². The SMILES string of the molecule is CCc1nc(C2CCc3ccccc3C2)sc1CNC. The number of aromatic nitrogens is 1. The third-order valence-electron chi connectivity index (χ3n) is 4.16.